The molecule has 2 heterocycles. The Hall–Kier alpha value is -2.03. The van der Waals surface area contributed by atoms with Crippen LogP contribution in [0.5, 0.6) is 11.5 Å². The molecule has 31 heavy (non-hydrogen) atoms. The largest absolute Gasteiger partial charge is 0.449 e. The standard InChI is InChI=1S/C20H17Cl3F3N3O2/c21-19(22,23)20(30-15-8-4-5-9-16(15)31-20)27-17(18(24,25)26)29-12-10-28(11-13-29)14-6-2-1-3-7-14/h1-9H,10-13H2. The lowest BCUT2D eigenvalue weighted by Crippen LogP contribution is -2.56. The topological polar surface area (TPSA) is 37.3 Å². The van der Waals surface area contributed by atoms with Crippen LogP contribution in [-0.2, 0) is 0 Å². The van der Waals surface area contributed by atoms with E-state index in [-0.39, 0.29) is 24.6 Å². The fourth-order valence-electron chi connectivity index (χ4n) is 3.43. The van der Waals surface area contributed by atoms with Gasteiger partial charge in [-0.1, -0.05) is 65.1 Å². The van der Waals surface area contributed by atoms with Crippen molar-refractivity contribution in [2.75, 3.05) is 31.1 Å². The van der Waals surface area contributed by atoms with Crippen molar-refractivity contribution in [3.63, 3.8) is 0 Å². The van der Waals surface area contributed by atoms with Gasteiger partial charge in [-0.2, -0.15) is 18.2 Å². The molecular formula is C20H17Cl3F3N3O2. The molecule has 2 aliphatic rings. The first-order valence-electron chi connectivity index (χ1n) is 9.35. The van der Waals surface area contributed by atoms with Gasteiger partial charge in [0.05, 0.1) is 0 Å². The van der Waals surface area contributed by atoms with Crippen molar-refractivity contribution in [2.24, 2.45) is 4.99 Å². The summed E-state index contributed by atoms with van der Waals surface area (Å²) in [5.74, 6) is -3.47. The summed E-state index contributed by atoms with van der Waals surface area (Å²) >= 11 is 18.0. The molecule has 1 fully saturated rings. The van der Waals surface area contributed by atoms with E-state index in [4.69, 9.17) is 44.3 Å². The van der Waals surface area contributed by atoms with Gasteiger partial charge in [0.2, 0.25) is 5.84 Å². The average molecular weight is 495 g/mol. The minimum atomic E-state index is -4.82. The number of alkyl halides is 6. The highest BCUT2D eigenvalue weighted by Gasteiger charge is 2.60. The number of fused-ring (bicyclic) bond motifs is 1. The Morgan fingerprint density at radius 2 is 1.35 bits per heavy atom. The van der Waals surface area contributed by atoms with E-state index in [9.17, 15) is 13.2 Å². The minimum absolute atomic E-state index is 0.0656. The molecule has 2 aromatic rings. The second kappa shape index (κ2) is 8.15. The van der Waals surface area contributed by atoms with Crippen molar-refractivity contribution >= 4 is 46.3 Å². The summed E-state index contributed by atoms with van der Waals surface area (Å²) in [5, 5.41) is 0. The molecule has 2 aromatic carbocycles. The maximum absolute atomic E-state index is 14.0. The molecule has 0 radical (unpaired) electrons. The fourth-order valence-corrected chi connectivity index (χ4v) is 3.79. The molecule has 0 spiro atoms. The molecule has 166 valence electrons. The van der Waals surface area contributed by atoms with Crippen molar-refractivity contribution in [3.05, 3.63) is 54.6 Å². The molecule has 11 heteroatoms. The summed E-state index contributed by atoms with van der Waals surface area (Å²) in [4.78, 5) is 6.84. The molecule has 0 aromatic heterocycles. The highest BCUT2D eigenvalue weighted by atomic mass is 35.6. The van der Waals surface area contributed by atoms with Crippen molar-refractivity contribution in [1.82, 2.24) is 4.90 Å². The van der Waals surface area contributed by atoms with Crippen LogP contribution in [0.1, 0.15) is 0 Å². The molecular weight excluding hydrogens is 478 g/mol. The zero-order valence-corrected chi connectivity index (χ0v) is 18.2. The lowest BCUT2D eigenvalue weighted by atomic mass is 10.2. The zero-order chi connectivity index (χ0) is 22.3. The number of hydrogen-bond acceptors (Lipinski definition) is 4. The van der Waals surface area contributed by atoms with Gasteiger partial charge in [0, 0.05) is 31.9 Å². The van der Waals surface area contributed by atoms with Crippen LogP contribution in [0, 0.1) is 0 Å². The van der Waals surface area contributed by atoms with Crippen LogP contribution in [0.4, 0.5) is 18.9 Å². The Bertz CT molecular complexity index is 934. The third-order valence-electron chi connectivity index (χ3n) is 4.91. The summed E-state index contributed by atoms with van der Waals surface area (Å²) in [6.07, 6.45) is -4.82. The normalized spacial score (nSPS) is 19.0. The Kier molecular flexibility index (Phi) is 5.83. The smallest absolute Gasteiger partial charge is 0.427 e. The van der Waals surface area contributed by atoms with Crippen LogP contribution in [-0.4, -0.2) is 52.8 Å². The molecule has 0 amide bonds. The third-order valence-corrected chi connectivity index (χ3v) is 5.63. The summed E-state index contributed by atoms with van der Waals surface area (Å²) in [6, 6.07) is 15.7. The number of para-hydroxylation sites is 3. The number of ether oxygens (including phenoxy) is 2. The van der Waals surface area contributed by atoms with Crippen LogP contribution in [0.25, 0.3) is 0 Å². The van der Waals surface area contributed by atoms with E-state index in [0.29, 0.717) is 13.1 Å². The highest BCUT2D eigenvalue weighted by Crippen LogP contribution is 2.51. The van der Waals surface area contributed by atoms with Crippen LogP contribution < -0.4 is 14.4 Å². The predicted molar refractivity (Wildman–Crippen MR) is 114 cm³/mol. The SMILES string of the molecule is FC(F)(F)C(=NC1(C(Cl)(Cl)Cl)Oc2ccccc2O1)N1CCN(c2ccccc2)CC1. The summed E-state index contributed by atoms with van der Waals surface area (Å²) in [7, 11) is 0. The van der Waals surface area contributed by atoms with Gasteiger partial charge in [-0.05, 0) is 24.3 Å². The first-order valence-corrected chi connectivity index (χ1v) is 10.5. The molecule has 1 saturated heterocycles. The number of benzene rings is 2. The molecule has 0 N–H and O–H groups in total. The first-order chi connectivity index (χ1) is 14.6. The molecule has 0 unspecified atom stereocenters. The maximum atomic E-state index is 14.0. The van der Waals surface area contributed by atoms with Gasteiger partial charge in [-0.15, -0.1) is 0 Å². The van der Waals surface area contributed by atoms with Gasteiger partial charge in [-0.3, -0.25) is 0 Å². The van der Waals surface area contributed by atoms with Crippen molar-refractivity contribution in [1.29, 1.82) is 0 Å². The lowest BCUT2D eigenvalue weighted by Gasteiger charge is -2.39. The average Bonchev–Trinajstić information content (AvgIpc) is 3.12. The highest BCUT2D eigenvalue weighted by molar-refractivity contribution is 6.68. The van der Waals surface area contributed by atoms with E-state index in [1.54, 1.807) is 12.1 Å². The number of rotatable bonds is 2. The Balaban J connectivity index is 1.63. The van der Waals surface area contributed by atoms with Gasteiger partial charge in [-0.25, -0.2) is 0 Å². The first kappa shape index (κ1) is 22.2. The van der Waals surface area contributed by atoms with E-state index in [0.717, 1.165) is 10.6 Å². The van der Waals surface area contributed by atoms with Gasteiger partial charge < -0.3 is 19.3 Å². The maximum Gasteiger partial charge on any atom is 0.449 e. The second-order valence-electron chi connectivity index (χ2n) is 6.97. The van der Waals surface area contributed by atoms with Crippen LogP contribution >= 0.6 is 34.8 Å². The number of nitrogens with zero attached hydrogens (tertiary/aromatic N) is 3. The summed E-state index contributed by atoms with van der Waals surface area (Å²) < 4.78 is 50.7. The van der Waals surface area contributed by atoms with E-state index < -0.39 is 21.7 Å². The molecule has 0 aliphatic carbocycles. The van der Waals surface area contributed by atoms with E-state index in [2.05, 4.69) is 4.99 Å². The van der Waals surface area contributed by atoms with E-state index >= 15 is 0 Å². The molecule has 0 atom stereocenters. The van der Waals surface area contributed by atoms with Crippen molar-refractivity contribution in [3.8, 4) is 11.5 Å². The molecule has 2 aliphatic heterocycles. The Labute approximate surface area is 191 Å². The quantitative estimate of drug-likeness (QED) is 0.324. The number of aliphatic imine (C=N–C) groups is 1. The zero-order valence-electron chi connectivity index (χ0n) is 16.0. The Morgan fingerprint density at radius 3 is 1.84 bits per heavy atom. The van der Waals surface area contributed by atoms with Crippen LogP contribution in [0.2, 0.25) is 0 Å². The lowest BCUT2D eigenvalue weighted by molar-refractivity contribution is -0.0896. The number of hydrogen-bond donors (Lipinski definition) is 0. The molecule has 0 saturated carbocycles. The predicted octanol–water partition coefficient (Wildman–Crippen LogP) is 5.26. The van der Waals surface area contributed by atoms with Crippen LogP contribution in [0.3, 0.4) is 0 Å². The van der Waals surface area contributed by atoms with Gasteiger partial charge in [0.1, 0.15) is 0 Å². The number of halogens is 6. The Morgan fingerprint density at radius 1 is 0.839 bits per heavy atom. The van der Waals surface area contributed by atoms with Gasteiger partial charge in [0.15, 0.2) is 11.5 Å². The minimum Gasteiger partial charge on any atom is -0.427 e. The van der Waals surface area contributed by atoms with Gasteiger partial charge in [0.25, 0.3) is 3.79 Å². The third kappa shape index (κ3) is 4.47. The fraction of sp³-hybridized carbons (Fsp3) is 0.350. The van der Waals surface area contributed by atoms with E-state index in [1.165, 1.54) is 12.1 Å². The second-order valence-corrected chi connectivity index (χ2v) is 9.25. The van der Waals surface area contributed by atoms with Crippen molar-refractivity contribution in [2.45, 2.75) is 15.9 Å². The van der Waals surface area contributed by atoms with Gasteiger partial charge >= 0.3 is 12.1 Å². The summed E-state index contributed by atoms with van der Waals surface area (Å²) in [5.41, 5.74) is 0.934. The molecule has 5 nitrogen and oxygen atoms in total. The molecule has 0 bridgehead atoms. The van der Waals surface area contributed by atoms with Crippen LogP contribution in [0.15, 0.2) is 59.6 Å². The summed E-state index contributed by atoms with van der Waals surface area (Å²) in [6.45, 7) is 0.857. The monoisotopic (exact) mass is 493 g/mol. The number of anilines is 1. The van der Waals surface area contributed by atoms with E-state index in [1.807, 2.05) is 35.2 Å². The number of piperazine rings is 1. The molecule has 4 rings (SSSR count). The van der Waals surface area contributed by atoms with Crippen molar-refractivity contribution < 1.29 is 22.6 Å². The number of amidine groups is 1.